The van der Waals surface area contributed by atoms with Gasteiger partial charge in [0.2, 0.25) is 0 Å². The number of urea groups is 1. The first kappa shape index (κ1) is 16.1. The predicted octanol–water partition coefficient (Wildman–Crippen LogP) is 1.76. The number of hydrogen-bond acceptors (Lipinski definition) is 5. The van der Waals surface area contributed by atoms with Crippen LogP contribution in [0.1, 0.15) is 18.5 Å². The van der Waals surface area contributed by atoms with Crippen LogP contribution >= 0.6 is 0 Å². The van der Waals surface area contributed by atoms with Crippen LogP contribution in [0.15, 0.2) is 36.7 Å². The molecule has 2 aromatic rings. The van der Waals surface area contributed by atoms with Crippen LogP contribution in [-0.4, -0.2) is 45.3 Å². The Morgan fingerprint density at radius 1 is 1.38 bits per heavy atom. The lowest BCUT2D eigenvalue weighted by Gasteiger charge is -2.32. The Morgan fingerprint density at radius 2 is 2.25 bits per heavy atom. The first-order valence-corrected chi connectivity index (χ1v) is 7.79. The number of nitrogens with one attached hydrogen (secondary N) is 1. The minimum absolute atomic E-state index is 0.0238. The van der Waals surface area contributed by atoms with Crippen LogP contribution in [0.3, 0.4) is 0 Å². The molecule has 0 saturated carbocycles. The fourth-order valence-electron chi connectivity index (χ4n) is 2.54. The van der Waals surface area contributed by atoms with E-state index >= 15 is 0 Å². The van der Waals surface area contributed by atoms with E-state index in [4.69, 9.17) is 4.74 Å². The molecule has 2 aromatic heterocycles. The number of nitrogens with zero attached hydrogens (tertiary/aromatic N) is 4. The van der Waals surface area contributed by atoms with Crippen molar-refractivity contribution in [1.29, 1.82) is 0 Å². The van der Waals surface area contributed by atoms with Gasteiger partial charge in [-0.15, -0.1) is 0 Å². The van der Waals surface area contributed by atoms with Gasteiger partial charge in [0.05, 0.1) is 18.8 Å². The van der Waals surface area contributed by atoms with Crippen molar-refractivity contribution in [1.82, 2.24) is 25.4 Å². The summed E-state index contributed by atoms with van der Waals surface area (Å²) in [6.45, 7) is 1.34. The Hall–Kier alpha value is -2.77. The third-order valence-corrected chi connectivity index (χ3v) is 3.72. The minimum atomic E-state index is -0.498. The number of carbonyl (C=O) groups excluding carboxylic acids is 1. The summed E-state index contributed by atoms with van der Waals surface area (Å²) >= 11 is 0. The topological polar surface area (TPSA) is 80.2 Å². The molecule has 2 amide bonds. The van der Waals surface area contributed by atoms with Gasteiger partial charge in [-0.1, -0.05) is 0 Å². The van der Waals surface area contributed by atoms with Crippen molar-refractivity contribution in [3.05, 3.63) is 48.2 Å². The summed E-state index contributed by atoms with van der Waals surface area (Å²) in [7, 11) is 0. The molecule has 0 unspecified atom stereocenters. The molecule has 1 saturated heterocycles. The van der Waals surface area contributed by atoms with E-state index in [0.29, 0.717) is 25.3 Å². The molecular formula is C16H18FN5O2. The number of rotatable bonds is 4. The van der Waals surface area contributed by atoms with Crippen molar-refractivity contribution >= 4 is 6.03 Å². The third kappa shape index (κ3) is 4.15. The molecule has 3 heterocycles. The standard InChI is InChI=1S/C16H18FN5O2/c17-14-6-2-7-18-15(14)24-13-5-3-9-22(11-13)16(23)19-10-12-4-1-8-20-21-12/h1-2,4,6-8,13H,3,5,9-11H2,(H,19,23)/t13-/m0/s1. The molecule has 0 aliphatic carbocycles. The van der Waals surface area contributed by atoms with Crippen LogP contribution in [0.5, 0.6) is 5.88 Å². The Kier molecular flexibility index (Phi) is 5.15. The highest BCUT2D eigenvalue weighted by Crippen LogP contribution is 2.19. The van der Waals surface area contributed by atoms with Gasteiger partial charge in [-0.2, -0.15) is 10.2 Å². The number of carbonyl (C=O) groups is 1. The molecular weight excluding hydrogens is 313 g/mol. The summed E-state index contributed by atoms with van der Waals surface area (Å²) in [6, 6.07) is 6.17. The third-order valence-electron chi connectivity index (χ3n) is 3.72. The van der Waals surface area contributed by atoms with Gasteiger partial charge >= 0.3 is 6.03 Å². The summed E-state index contributed by atoms with van der Waals surface area (Å²) < 4.78 is 19.2. The molecule has 1 fully saturated rings. The molecule has 1 aliphatic heterocycles. The summed E-state index contributed by atoms with van der Waals surface area (Å²) in [5, 5.41) is 10.5. The average molecular weight is 331 g/mol. The molecule has 3 rings (SSSR count). The van der Waals surface area contributed by atoms with Gasteiger partial charge in [-0.3, -0.25) is 0 Å². The van der Waals surface area contributed by atoms with Crippen molar-refractivity contribution in [3.63, 3.8) is 0 Å². The number of ether oxygens (including phenoxy) is 1. The second-order valence-corrected chi connectivity index (χ2v) is 5.49. The highest BCUT2D eigenvalue weighted by Gasteiger charge is 2.25. The van der Waals surface area contributed by atoms with Crippen LogP contribution in [0.2, 0.25) is 0 Å². The maximum atomic E-state index is 13.6. The smallest absolute Gasteiger partial charge is 0.317 e. The monoisotopic (exact) mass is 331 g/mol. The number of hydrogen-bond donors (Lipinski definition) is 1. The minimum Gasteiger partial charge on any atom is -0.470 e. The SMILES string of the molecule is O=C(NCc1cccnn1)N1CCC[C@H](Oc2ncccc2F)C1. The van der Waals surface area contributed by atoms with Gasteiger partial charge in [0.25, 0.3) is 5.88 Å². The highest BCUT2D eigenvalue weighted by atomic mass is 19.1. The maximum Gasteiger partial charge on any atom is 0.317 e. The van der Waals surface area contributed by atoms with E-state index in [-0.39, 0.29) is 18.0 Å². The van der Waals surface area contributed by atoms with Crippen LogP contribution in [0.25, 0.3) is 0 Å². The summed E-state index contributed by atoms with van der Waals surface area (Å²) in [4.78, 5) is 17.8. The lowest BCUT2D eigenvalue weighted by Crippen LogP contribution is -2.48. The number of pyridine rings is 1. The van der Waals surface area contributed by atoms with Crippen LogP contribution < -0.4 is 10.1 Å². The number of likely N-dealkylation sites (tertiary alicyclic amines) is 1. The molecule has 8 heteroatoms. The molecule has 1 aliphatic rings. The molecule has 0 spiro atoms. The van der Waals surface area contributed by atoms with E-state index in [1.165, 1.54) is 18.3 Å². The Bertz CT molecular complexity index is 685. The normalized spacial score (nSPS) is 17.4. The number of aromatic nitrogens is 3. The molecule has 7 nitrogen and oxygen atoms in total. The first-order valence-electron chi connectivity index (χ1n) is 7.79. The van der Waals surface area contributed by atoms with Gasteiger partial charge in [-0.25, -0.2) is 14.2 Å². The van der Waals surface area contributed by atoms with Gasteiger partial charge in [0.1, 0.15) is 6.10 Å². The van der Waals surface area contributed by atoms with Crippen molar-refractivity contribution in [2.75, 3.05) is 13.1 Å². The largest absolute Gasteiger partial charge is 0.470 e. The van der Waals surface area contributed by atoms with Crippen molar-refractivity contribution in [2.45, 2.75) is 25.5 Å². The van der Waals surface area contributed by atoms with Crippen LogP contribution in [-0.2, 0) is 6.54 Å². The number of amides is 2. The summed E-state index contributed by atoms with van der Waals surface area (Å²) in [5.74, 6) is -0.522. The highest BCUT2D eigenvalue weighted by molar-refractivity contribution is 5.74. The zero-order chi connectivity index (χ0) is 16.8. The van der Waals surface area contributed by atoms with Crippen molar-refractivity contribution in [2.24, 2.45) is 0 Å². The Labute approximate surface area is 138 Å². The first-order chi connectivity index (χ1) is 11.7. The maximum absolute atomic E-state index is 13.6. The van der Waals surface area contributed by atoms with E-state index in [1.807, 2.05) is 0 Å². The van der Waals surface area contributed by atoms with E-state index in [9.17, 15) is 9.18 Å². The molecule has 0 aromatic carbocycles. The number of halogens is 1. The van der Waals surface area contributed by atoms with Crippen molar-refractivity contribution < 1.29 is 13.9 Å². The summed E-state index contributed by atoms with van der Waals surface area (Å²) in [5.41, 5.74) is 0.686. The fourth-order valence-corrected chi connectivity index (χ4v) is 2.54. The molecule has 1 N–H and O–H groups in total. The van der Waals surface area contributed by atoms with Crippen molar-refractivity contribution in [3.8, 4) is 5.88 Å². The van der Waals surface area contributed by atoms with Gasteiger partial charge in [0, 0.05) is 18.9 Å². The quantitative estimate of drug-likeness (QED) is 0.923. The fraction of sp³-hybridized carbons (Fsp3) is 0.375. The zero-order valence-electron chi connectivity index (χ0n) is 13.1. The second kappa shape index (κ2) is 7.67. The van der Waals surface area contributed by atoms with E-state index < -0.39 is 5.82 Å². The van der Waals surface area contributed by atoms with Crippen LogP contribution in [0.4, 0.5) is 9.18 Å². The lowest BCUT2D eigenvalue weighted by atomic mass is 10.1. The summed E-state index contributed by atoms with van der Waals surface area (Å²) in [6.07, 6.45) is 4.33. The average Bonchev–Trinajstić information content (AvgIpc) is 2.63. The molecule has 126 valence electrons. The predicted molar refractivity (Wildman–Crippen MR) is 83.7 cm³/mol. The van der Waals surface area contributed by atoms with Gasteiger partial charge in [0.15, 0.2) is 5.82 Å². The van der Waals surface area contributed by atoms with Crippen LogP contribution in [0, 0.1) is 5.82 Å². The zero-order valence-corrected chi connectivity index (χ0v) is 13.1. The van der Waals surface area contributed by atoms with Gasteiger partial charge in [-0.05, 0) is 37.1 Å². The molecule has 0 radical (unpaired) electrons. The lowest BCUT2D eigenvalue weighted by molar-refractivity contribution is 0.0941. The van der Waals surface area contributed by atoms with E-state index in [1.54, 1.807) is 23.2 Å². The van der Waals surface area contributed by atoms with Gasteiger partial charge < -0.3 is 15.0 Å². The number of piperidine rings is 1. The second-order valence-electron chi connectivity index (χ2n) is 5.49. The molecule has 24 heavy (non-hydrogen) atoms. The molecule has 0 bridgehead atoms. The van der Waals surface area contributed by atoms with E-state index in [0.717, 1.165) is 12.8 Å². The Morgan fingerprint density at radius 3 is 3.04 bits per heavy atom. The Balaban J connectivity index is 1.53. The molecule has 1 atom stereocenters. The van der Waals surface area contributed by atoms with E-state index in [2.05, 4.69) is 20.5 Å².